The minimum Gasteiger partial charge on any atom is -0.497 e. The first-order valence-corrected chi connectivity index (χ1v) is 11.7. The number of rotatable bonds is 8. The summed E-state index contributed by atoms with van der Waals surface area (Å²) in [5.74, 6) is 0.560. The van der Waals surface area contributed by atoms with Crippen LogP contribution in [0, 0.1) is 6.92 Å². The molecular formula is C21H22N4O4S2. The number of hydrogen-bond donors (Lipinski definition) is 2. The summed E-state index contributed by atoms with van der Waals surface area (Å²) in [6.07, 6.45) is 1.48. The van der Waals surface area contributed by atoms with E-state index >= 15 is 0 Å². The standard InChI is InChI=1S/C21H22N4O4S2/c1-14-12-13-22-21(23-14)25-31(27,28)19-10-4-16(5-11-19)24-20(26)15(2)30-18-8-6-17(29-3)7-9-18/h4-13,15H,1-3H3,(H,24,26)(H,22,23,25)/t15-/m0/s1. The Balaban J connectivity index is 1.61. The lowest BCUT2D eigenvalue weighted by molar-refractivity contribution is -0.115. The Morgan fingerprint density at radius 3 is 2.35 bits per heavy atom. The van der Waals surface area contributed by atoms with E-state index in [0.29, 0.717) is 11.4 Å². The molecule has 2 N–H and O–H groups in total. The van der Waals surface area contributed by atoms with E-state index < -0.39 is 10.0 Å². The first kappa shape index (κ1) is 22.6. The molecule has 1 amide bonds. The predicted molar refractivity (Wildman–Crippen MR) is 121 cm³/mol. The highest BCUT2D eigenvalue weighted by Crippen LogP contribution is 2.26. The van der Waals surface area contributed by atoms with Gasteiger partial charge in [-0.1, -0.05) is 0 Å². The zero-order valence-corrected chi connectivity index (χ0v) is 18.8. The number of aromatic nitrogens is 2. The number of carbonyl (C=O) groups is 1. The topological polar surface area (TPSA) is 110 Å². The Hall–Kier alpha value is -3.11. The SMILES string of the molecule is COc1ccc(S[C@@H](C)C(=O)Nc2ccc(S(=O)(=O)Nc3nccc(C)n3)cc2)cc1. The van der Waals surface area contributed by atoms with Crippen LogP contribution < -0.4 is 14.8 Å². The second kappa shape index (κ2) is 9.80. The summed E-state index contributed by atoms with van der Waals surface area (Å²) >= 11 is 1.41. The van der Waals surface area contributed by atoms with Gasteiger partial charge in [0.05, 0.1) is 17.3 Å². The van der Waals surface area contributed by atoms with E-state index in [2.05, 4.69) is 20.0 Å². The second-order valence-electron chi connectivity index (χ2n) is 6.58. The molecule has 0 aliphatic carbocycles. The van der Waals surface area contributed by atoms with Gasteiger partial charge in [0.15, 0.2) is 0 Å². The van der Waals surface area contributed by atoms with E-state index in [1.54, 1.807) is 27.0 Å². The van der Waals surface area contributed by atoms with Crippen LogP contribution in [0.15, 0.2) is 70.6 Å². The van der Waals surface area contributed by atoms with Gasteiger partial charge in [0, 0.05) is 22.5 Å². The van der Waals surface area contributed by atoms with Crippen LogP contribution in [0.4, 0.5) is 11.6 Å². The maximum atomic E-state index is 12.5. The van der Waals surface area contributed by atoms with Gasteiger partial charge in [0.1, 0.15) is 5.75 Å². The van der Waals surface area contributed by atoms with Gasteiger partial charge < -0.3 is 10.1 Å². The number of carbonyl (C=O) groups excluding carboxylic acids is 1. The number of anilines is 2. The van der Waals surface area contributed by atoms with Gasteiger partial charge in [-0.2, -0.15) is 0 Å². The number of thioether (sulfide) groups is 1. The van der Waals surface area contributed by atoms with Crippen LogP contribution in [-0.4, -0.2) is 36.7 Å². The van der Waals surface area contributed by atoms with Gasteiger partial charge in [0.25, 0.3) is 10.0 Å². The fourth-order valence-electron chi connectivity index (χ4n) is 2.55. The second-order valence-corrected chi connectivity index (χ2v) is 9.67. The van der Waals surface area contributed by atoms with Crippen molar-refractivity contribution in [3.05, 3.63) is 66.5 Å². The Bertz CT molecular complexity index is 1150. The van der Waals surface area contributed by atoms with Gasteiger partial charge >= 0.3 is 0 Å². The maximum Gasteiger partial charge on any atom is 0.264 e. The molecule has 0 aliphatic heterocycles. The van der Waals surface area contributed by atoms with Crippen LogP contribution in [0.3, 0.4) is 0 Å². The number of nitrogens with one attached hydrogen (secondary N) is 2. The number of amides is 1. The van der Waals surface area contributed by atoms with Gasteiger partial charge in [-0.3, -0.25) is 4.79 Å². The van der Waals surface area contributed by atoms with Crippen LogP contribution >= 0.6 is 11.8 Å². The third-order valence-corrected chi connectivity index (χ3v) is 6.65. The van der Waals surface area contributed by atoms with Crippen LogP contribution in [0.5, 0.6) is 5.75 Å². The highest BCUT2D eigenvalue weighted by Gasteiger charge is 2.18. The van der Waals surface area contributed by atoms with Crippen LogP contribution in [0.25, 0.3) is 0 Å². The van der Waals surface area contributed by atoms with Crippen molar-refractivity contribution in [1.82, 2.24) is 9.97 Å². The van der Waals surface area contributed by atoms with Gasteiger partial charge in [-0.05, 0) is 68.4 Å². The van der Waals surface area contributed by atoms with Crippen molar-refractivity contribution >= 4 is 39.3 Å². The molecule has 0 unspecified atom stereocenters. The summed E-state index contributed by atoms with van der Waals surface area (Å²) in [5, 5.41) is 2.45. The van der Waals surface area contributed by atoms with E-state index in [0.717, 1.165) is 10.6 Å². The fourth-order valence-corrected chi connectivity index (χ4v) is 4.37. The molecule has 0 radical (unpaired) electrons. The summed E-state index contributed by atoms with van der Waals surface area (Å²) in [7, 11) is -2.24. The van der Waals surface area contributed by atoms with Crippen LogP contribution in [-0.2, 0) is 14.8 Å². The lowest BCUT2D eigenvalue weighted by atomic mass is 10.3. The molecule has 1 atom stereocenters. The van der Waals surface area contributed by atoms with Crippen molar-refractivity contribution in [2.24, 2.45) is 0 Å². The summed E-state index contributed by atoms with van der Waals surface area (Å²) < 4.78 is 32.5. The lowest BCUT2D eigenvalue weighted by Gasteiger charge is -2.13. The summed E-state index contributed by atoms with van der Waals surface area (Å²) in [6.45, 7) is 3.54. The van der Waals surface area contributed by atoms with Gasteiger partial charge in [0.2, 0.25) is 11.9 Å². The van der Waals surface area contributed by atoms with Crippen LogP contribution in [0.1, 0.15) is 12.6 Å². The lowest BCUT2D eigenvalue weighted by Crippen LogP contribution is -2.22. The summed E-state index contributed by atoms with van der Waals surface area (Å²) in [6, 6.07) is 15.0. The third kappa shape index (κ3) is 6.19. The molecule has 3 rings (SSSR count). The molecule has 2 aromatic carbocycles. The Labute approximate surface area is 185 Å². The van der Waals surface area contributed by atoms with Gasteiger partial charge in [-0.15, -0.1) is 11.8 Å². The minimum atomic E-state index is -3.84. The monoisotopic (exact) mass is 458 g/mol. The molecule has 0 spiro atoms. The summed E-state index contributed by atoms with van der Waals surface area (Å²) in [4.78, 5) is 21.4. The number of aryl methyl sites for hydroxylation is 1. The average molecular weight is 459 g/mol. The molecule has 162 valence electrons. The Morgan fingerprint density at radius 2 is 1.74 bits per heavy atom. The largest absolute Gasteiger partial charge is 0.497 e. The van der Waals surface area contributed by atoms with E-state index in [9.17, 15) is 13.2 Å². The van der Waals surface area contributed by atoms with E-state index in [-0.39, 0.29) is 22.0 Å². The minimum absolute atomic E-state index is 0.00163. The molecule has 1 aromatic heterocycles. The van der Waals surface area contributed by atoms with E-state index in [1.807, 2.05) is 24.3 Å². The molecule has 1 heterocycles. The number of nitrogens with zero attached hydrogens (tertiary/aromatic N) is 2. The van der Waals surface area contributed by atoms with Crippen molar-refractivity contribution in [3.63, 3.8) is 0 Å². The maximum absolute atomic E-state index is 12.5. The number of hydrogen-bond acceptors (Lipinski definition) is 7. The smallest absolute Gasteiger partial charge is 0.264 e. The first-order valence-electron chi connectivity index (χ1n) is 9.31. The molecular weight excluding hydrogens is 436 g/mol. The van der Waals surface area contributed by atoms with Crippen molar-refractivity contribution in [2.75, 3.05) is 17.1 Å². The number of benzene rings is 2. The van der Waals surface area contributed by atoms with E-state index in [4.69, 9.17) is 4.74 Å². The fraction of sp³-hybridized carbons (Fsp3) is 0.190. The third-order valence-electron chi connectivity index (χ3n) is 4.19. The molecule has 0 fully saturated rings. The molecule has 0 saturated carbocycles. The Kier molecular flexibility index (Phi) is 7.13. The van der Waals surface area contributed by atoms with Crippen molar-refractivity contribution in [1.29, 1.82) is 0 Å². The molecule has 0 bridgehead atoms. The highest BCUT2D eigenvalue weighted by molar-refractivity contribution is 8.00. The molecule has 0 saturated heterocycles. The zero-order chi connectivity index (χ0) is 22.4. The first-order chi connectivity index (χ1) is 14.8. The number of sulfonamides is 1. The molecule has 31 heavy (non-hydrogen) atoms. The highest BCUT2D eigenvalue weighted by atomic mass is 32.2. The zero-order valence-electron chi connectivity index (χ0n) is 17.2. The van der Waals surface area contributed by atoms with E-state index in [1.165, 1.54) is 42.2 Å². The number of methoxy groups -OCH3 is 1. The predicted octanol–water partition coefficient (Wildman–Crippen LogP) is 3.71. The average Bonchev–Trinajstić information content (AvgIpc) is 2.74. The Morgan fingerprint density at radius 1 is 1.06 bits per heavy atom. The molecule has 10 heteroatoms. The van der Waals surface area contributed by atoms with Gasteiger partial charge in [-0.25, -0.2) is 23.1 Å². The molecule has 8 nitrogen and oxygen atoms in total. The van der Waals surface area contributed by atoms with Crippen LogP contribution in [0.2, 0.25) is 0 Å². The number of ether oxygens (including phenoxy) is 1. The van der Waals surface area contributed by atoms with Crippen molar-refractivity contribution in [3.8, 4) is 5.75 Å². The quantitative estimate of drug-likeness (QED) is 0.495. The molecule has 0 aliphatic rings. The van der Waals surface area contributed by atoms with Crippen molar-refractivity contribution in [2.45, 2.75) is 28.9 Å². The van der Waals surface area contributed by atoms with Crippen molar-refractivity contribution < 1.29 is 17.9 Å². The summed E-state index contributed by atoms with van der Waals surface area (Å²) in [5.41, 5.74) is 1.14. The normalized spacial score (nSPS) is 12.1. The molecule has 3 aromatic rings.